The van der Waals surface area contributed by atoms with E-state index in [-0.39, 0.29) is 0 Å². The van der Waals surface area contributed by atoms with Gasteiger partial charge in [0.05, 0.1) is 74.7 Å². The van der Waals surface area contributed by atoms with Crippen LogP contribution in [0, 0.1) is 76.2 Å². The van der Waals surface area contributed by atoms with Crippen LogP contribution in [0.15, 0.2) is 304 Å². The molecule has 0 aliphatic heterocycles. The number of hydrogen-bond acceptors (Lipinski definition) is 3. The molecule has 18 rings (SSSR count). The number of aromatic nitrogens is 8. The molecule has 0 spiro atoms. The minimum Gasteiger partial charge on any atom is -0.264 e. The Morgan fingerprint density at radius 3 is 0.924 bits per heavy atom. The van der Waals surface area contributed by atoms with E-state index in [2.05, 4.69) is 431 Å². The van der Waals surface area contributed by atoms with Crippen LogP contribution in [-0.4, -0.2) is 55.3 Å². The molecule has 0 N–H and O–H groups in total. The largest absolute Gasteiger partial charge is 0.264 e. The SMILES string of the molecule is [2H]c1c(C)[n+](C)c(-c2cc(-c3cccnc3)ccc2C)c2ccc([Si](C)(C)C)cc12.[2H]c1c(C)[n+](C)c(-c2cc(C)ccc2C)c2ccc([Si](C)(C)c3ccccc3)cc12.[2H]c1c(C)[n+](C)c(-c2ccccc2C)c2ccc([Si](C)(C)c3ccccc3)cc12.[2H]c1c(C)[n+](C)c(-c2ccncc2C)c2ccc([Si](C)(C)C)cc12.[2H]c1c(C)[n+](C)c(-c2cnccc2C)c2ccc([Si](C)(C)C)cc12. The third-order valence-corrected chi connectivity index (χ3v) is 40.5. The van der Waals surface area contributed by atoms with Gasteiger partial charge < -0.3 is 0 Å². The summed E-state index contributed by atoms with van der Waals surface area (Å²) < 4.78 is 54.6. The Morgan fingerprint density at radius 2 is 0.545 bits per heavy atom. The summed E-state index contributed by atoms with van der Waals surface area (Å²) in [4.78, 5) is 12.8. The minimum atomic E-state index is -1.83. The van der Waals surface area contributed by atoms with Crippen LogP contribution in [-0.2, 0) is 35.2 Å². The molecule has 18 aromatic rings. The van der Waals surface area contributed by atoms with Crippen molar-refractivity contribution in [3.8, 4) is 67.4 Å². The van der Waals surface area contributed by atoms with Crippen molar-refractivity contribution in [3.05, 3.63) is 366 Å². The van der Waals surface area contributed by atoms with Crippen molar-refractivity contribution < 1.29 is 29.7 Å². The van der Waals surface area contributed by atoms with E-state index >= 15 is 0 Å². The van der Waals surface area contributed by atoms with Gasteiger partial charge >= 0.3 is 0 Å². The Hall–Kier alpha value is -12.2. The first-order valence-electron chi connectivity index (χ1n) is 48.9. The van der Waals surface area contributed by atoms with Gasteiger partial charge in [-0.3, -0.25) is 15.0 Å². The molecule has 0 atom stereocenters. The lowest BCUT2D eigenvalue weighted by Gasteiger charge is -2.24. The van der Waals surface area contributed by atoms with Crippen LogP contribution in [0.25, 0.3) is 121 Å². The molecule has 0 amide bonds. The van der Waals surface area contributed by atoms with Gasteiger partial charge in [0, 0.05) is 119 Å². The van der Waals surface area contributed by atoms with Crippen LogP contribution in [0.1, 0.15) is 68.7 Å². The van der Waals surface area contributed by atoms with Gasteiger partial charge in [-0.15, -0.1) is 0 Å². The lowest BCUT2D eigenvalue weighted by atomic mass is 9.95. The van der Waals surface area contributed by atoms with Crippen LogP contribution in [0.5, 0.6) is 0 Å². The monoisotopic (exact) mass is 1820 g/mol. The smallest absolute Gasteiger partial charge is 0.222 e. The zero-order valence-corrected chi connectivity index (χ0v) is 88.6. The molecule has 0 bridgehead atoms. The molecule has 0 saturated heterocycles. The van der Waals surface area contributed by atoms with E-state index in [4.69, 9.17) is 6.85 Å². The zero-order valence-electron chi connectivity index (χ0n) is 88.6. The molecule has 0 unspecified atom stereocenters. The highest BCUT2D eigenvalue weighted by atomic mass is 28.3. The molecule has 0 fully saturated rings. The summed E-state index contributed by atoms with van der Waals surface area (Å²) in [6.45, 7) is 53.8. The van der Waals surface area contributed by atoms with Crippen LogP contribution < -0.4 is 59.1 Å². The first kappa shape index (κ1) is 89.0. The Kier molecular flexibility index (Phi) is 26.2. The third kappa shape index (κ3) is 20.2. The fourth-order valence-corrected chi connectivity index (χ4v) is 26.3. The predicted molar refractivity (Wildman–Crippen MR) is 579 cm³/mol. The van der Waals surface area contributed by atoms with Gasteiger partial charge in [-0.25, -0.2) is 0 Å². The molecular formula is C119H137N8Si5+5. The van der Waals surface area contributed by atoms with Crippen molar-refractivity contribution in [2.24, 2.45) is 35.2 Å². The van der Waals surface area contributed by atoms with E-state index < -0.39 is 40.4 Å². The van der Waals surface area contributed by atoms with E-state index in [9.17, 15) is 0 Å². The van der Waals surface area contributed by atoms with E-state index in [1.54, 1.807) is 6.20 Å². The Labute approximate surface area is 799 Å². The minimum absolute atomic E-state index is 0.623. The van der Waals surface area contributed by atoms with Crippen molar-refractivity contribution in [3.63, 3.8) is 0 Å². The molecule has 0 radical (unpaired) electrons. The van der Waals surface area contributed by atoms with Gasteiger partial charge in [-0.1, -0.05) is 297 Å². The molecule has 0 aliphatic carbocycles. The first-order chi connectivity index (χ1) is 64.6. The van der Waals surface area contributed by atoms with Crippen LogP contribution >= 0.6 is 0 Å². The van der Waals surface area contributed by atoms with Gasteiger partial charge in [-0.05, 0) is 169 Å². The lowest BCUT2D eigenvalue weighted by molar-refractivity contribution is -0.665. The summed E-state index contributed by atoms with van der Waals surface area (Å²) in [6.07, 6.45) is 11.2. The summed E-state index contributed by atoms with van der Waals surface area (Å²) in [5.41, 5.74) is 26.4. The van der Waals surface area contributed by atoms with E-state index in [0.29, 0.717) is 30.2 Å². The average Bonchev–Trinajstić information content (AvgIpc) is 0.757. The average molecular weight is 1820 g/mol. The number of fused-ring (bicyclic) bond motifs is 5. The maximum Gasteiger partial charge on any atom is 0.222 e. The summed E-state index contributed by atoms with van der Waals surface area (Å²) in [5.74, 6) is 0. The topological polar surface area (TPSA) is 58.1 Å². The predicted octanol–water partition coefficient (Wildman–Crippen LogP) is 23.2. The Morgan fingerprint density at radius 1 is 0.227 bits per heavy atom. The third-order valence-electron chi connectivity index (χ3n) is 27.3. The fraction of sp³-hybridized carbons (Fsp3) is 0.244. The van der Waals surface area contributed by atoms with Crippen LogP contribution in [0.3, 0.4) is 0 Å². The summed E-state index contributed by atoms with van der Waals surface area (Å²) in [7, 11) is 2.38. The number of pyridine rings is 8. The van der Waals surface area contributed by atoms with Gasteiger partial charge in [0.1, 0.15) is 51.4 Å². The van der Waals surface area contributed by atoms with E-state index in [1.165, 1.54) is 109 Å². The number of hydrogen-bond donors (Lipinski definition) is 0. The van der Waals surface area contributed by atoms with E-state index in [0.717, 1.165) is 110 Å². The molecule has 13 heteroatoms. The second-order valence-corrected chi connectivity index (χ2v) is 64.5. The highest BCUT2D eigenvalue weighted by Gasteiger charge is 2.33. The zero-order chi connectivity index (χ0) is 99.3. The lowest BCUT2D eigenvalue weighted by Crippen LogP contribution is -2.52. The second-order valence-electron chi connectivity index (χ2n) is 40.4. The highest BCUT2D eigenvalue weighted by Crippen LogP contribution is 2.37. The summed E-state index contributed by atoms with van der Waals surface area (Å²) >= 11 is 0. The van der Waals surface area contributed by atoms with Crippen molar-refractivity contribution >= 4 is 131 Å². The van der Waals surface area contributed by atoms with Crippen molar-refractivity contribution in [2.45, 2.75) is 161 Å². The van der Waals surface area contributed by atoms with Crippen molar-refractivity contribution in [1.82, 2.24) is 15.0 Å². The standard InChI is InChI=1S/C27H30NSi.C26H29N2Si.C26H28NSi.2C20H25N2Si/c1-19-12-13-20(2)26(16-19)27-25-15-14-24(18-22(25)17-21(3)28(27)4)29(5,6)23-10-8-7-9-11-23;1-18-9-10-20(21-8-7-13-27-17-21)16-25(18)26-24-12-11-23(29(4,5)6)15-22(24)14-19(2)28(26)3;1-19-11-9-10-14-24(19)26-25-16-15-23(18-21(25)17-20(2)27(26)3)28(4,5)22-12-7-6-8-13-22;1-14-13-21-10-9-18(14)20-19-8-7-17(23(4,5)6)12-16(19)11-15(2)22(20)3;1-14-9-10-21-13-19(14)20-18-8-7-17(23(4,5)6)12-16(18)11-15(2)22(20)3/h7-18H,1-6H3;7-17H,1-6H3;6-18H,1-5H3;2*7-13H,1-6H3/q5*+1/i17D;14D;17D;2*11D. The first-order valence-corrected chi connectivity index (χ1v) is 62.9. The number of nitrogens with zero attached hydrogens (tertiary/aromatic N) is 8. The van der Waals surface area contributed by atoms with Gasteiger partial charge in [0.15, 0.2) is 28.5 Å². The molecule has 668 valence electrons. The molecule has 10 aromatic carbocycles. The van der Waals surface area contributed by atoms with E-state index in [1.807, 2.05) is 70.9 Å². The maximum absolute atomic E-state index is 8.88. The molecule has 8 heterocycles. The molecule has 8 nitrogen and oxygen atoms in total. The van der Waals surface area contributed by atoms with Crippen molar-refractivity contribution in [1.29, 1.82) is 0 Å². The quantitative estimate of drug-likeness (QED) is 0.0854. The normalized spacial score (nSPS) is 12.4. The number of aryl methyl sites for hydroxylation is 6. The Bertz CT molecular complexity index is 7560. The maximum atomic E-state index is 8.88. The number of rotatable bonds is 13. The summed E-state index contributed by atoms with van der Waals surface area (Å²) in [6, 6.07) is 88.5. The molecule has 132 heavy (non-hydrogen) atoms. The molecular weight excluding hydrogens is 1680 g/mol. The van der Waals surface area contributed by atoms with Gasteiger partial charge in [-0.2, -0.15) is 22.8 Å². The second kappa shape index (κ2) is 38.9. The summed E-state index contributed by atoms with van der Waals surface area (Å²) in [5, 5.41) is 20.7. The molecule has 8 aromatic heterocycles. The van der Waals surface area contributed by atoms with Gasteiger partial charge in [0.25, 0.3) is 0 Å². The fourth-order valence-electron chi connectivity index (χ4n) is 18.1. The Balaban J connectivity index is 0.000000137. The number of benzene rings is 10. The van der Waals surface area contributed by atoms with Crippen molar-refractivity contribution in [2.75, 3.05) is 0 Å². The molecule has 0 aliphatic rings. The highest BCUT2D eigenvalue weighted by molar-refractivity contribution is 7.01. The molecule has 0 saturated carbocycles. The van der Waals surface area contributed by atoms with Crippen LogP contribution in [0.4, 0.5) is 0 Å². The van der Waals surface area contributed by atoms with Gasteiger partial charge in [0.2, 0.25) is 28.5 Å². The van der Waals surface area contributed by atoms with Crippen LogP contribution in [0.2, 0.25) is 85.1 Å².